The number of anilines is 2. The third-order valence-electron chi connectivity index (χ3n) is 3.20. The third-order valence-corrected chi connectivity index (χ3v) is 5.20. The van der Waals surface area contributed by atoms with Gasteiger partial charge in [0.25, 0.3) is 0 Å². The Morgan fingerprint density at radius 3 is 2.72 bits per heavy atom. The molecule has 0 aliphatic heterocycles. The van der Waals surface area contributed by atoms with Crippen LogP contribution < -0.4 is 16.0 Å². The molecule has 0 atom stereocenters. The maximum atomic E-state index is 12.6. The van der Waals surface area contributed by atoms with Crippen molar-refractivity contribution in [3.8, 4) is 0 Å². The van der Waals surface area contributed by atoms with E-state index in [9.17, 15) is 9.59 Å². The second-order valence-electron chi connectivity index (χ2n) is 5.19. The van der Waals surface area contributed by atoms with E-state index in [1.807, 2.05) is 30.3 Å². The predicted molar refractivity (Wildman–Crippen MR) is 102 cm³/mol. The van der Waals surface area contributed by atoms with Gasteiger partial charge < -0.3 is 16.0 Å². The number of rotatable bonds is 10. The Labute approximate surface area is 155 Å². The normalized spacial score (nSPS) is 10.4. The smallest absolute Gasteiger partial charge is 0.237 e. The molecular formula is C16H21N5O2S2. The molecule has 0 fully saturated rings. The zero-order valence-electron chi connectivity index (χ0n) is 14.0. The molecule has 25 heavy (non-hydrogen) atoms. The second-order valence-corrected chi connectivity index (χ2v) is 7.39. The molecule has 0 aliphatic carbocycles. The van der Waals surface area contributed by atoms with E-state index in [4.69, 9.17) is 5.73 Å². The van der Waals surface area contributed by atoms with Crippen LogP contribution in [0.1, 0.15) is 19.8 Å². The van der Waals surface area contributed by atoms with Gasteiger partial charge in [-0.3, -0.25) is 9.59 Å². The highest BCUT2D eigenvalue weighted by Gasteiger charge is 2.17. The number of nitrogens with two attached hydrogens (primary N) is 1. The number of aromatic nitrogens is 2. The summed E-state index contributed by atoms with van der Waals surface area (Å²) < 4.78 is 0.731. The molecular weight excluding hydrogens is 358 g/mol. The summed E-state index contributed by atoms with van der Waals surface area (Å²) in [6.07, 6.45) is 1.13. The van der Waals surface area contributed by atoms with Crippen LogP contribution in [0.25, 0.3) is 0 Å². The highest BCUT2D eigenvalue weighted by atomic mass is 32.2. The van der Waals surface area contributed by atoms with Gasteiger partial charge in [-0.05, 0) is 18.6 Å². The van der Waals surface area contributed by atoms with Crippen molar-refractivity contribution >= 4 is 45.7 Å². The lowest BCUT2D eigenvalue weighted by molar-refractivity contribution is -0.118. The SMILES string of the molecule is CCCNc1nnc(SCC(=O)N(CCC(N)=O)c2ccccc2)s1. The van der Waals surface area contributed by atoms with E-state index >= 15 is 0 Å². The minimum atomic E-state index is -0.433. The number of carbonyl (C=O) groups excluding carboxylic acids is 2. The van der Waals surface area contributed by atoms with Crippen LogP contribution in [0.2, 0.25) is 0 Å². The fourth-order valence-corrected chi connectivity index (χ4v) is 3.65. The number of amides is 2. The first-order valence-corrected chi connectivity index (χ1v) is 9.74. The molecule has 134 valence electrons. The highest BCUT2D eigenvalue weighted by Crippen LogP contribution is 2.26. The van der Waals surface area contributed by atoms with E-state index in [1.165, 1.54) is 23.1 Å². The number of primary amides is 1. The van der Waals surface area contributed by atoms with E-state index in [1.54, 1.807) is 4.90 Å². The number of carbonyl (C=O) groups is 2. The summed E-state index contributed by atoms with van der Waals surface area (Å²) in [6.45, 7) is 3.18. The van der Waals surface area contributed by atoms with Crippen LogP contribution in [0.3, 0.4) is 0 Å². The summed E-state index contributed by atoms with van der Waals surface area (Å²) in [7, 11) is 0. The molecule has 0 aliphatic rings. The Morgan fingerprint density at radius 2 is 2.04 bits per heavy atom. The fraction of sp³-hybridized carbons (Fsp3) is 0.375. The van der Waals surface area contributed by atoms with Crippen LogP contribution >= 0.6 is 23.1 Å². The zero-order valence-corrected chi connectivity index (χ0v) is 15.6. The van der Waals surface area contributed by atoms with Crippen LogP contribution in [-0.4, -0.2) is 40.9 Å². The van der Waals surface area contributed by atoms with Crippen molar-refractivity contribution in [2.24, 2.45) is 5.73 Å². The minimum Gasteiger partial charge on any atom is -0.370 e. The molecule has 0 spiro atoms. The number of para-hydroxylation sites is 1. The van der Waals surface area contributed by atoms with Crippen molar-refractivity contribution in [3.05, 3.63) is 30.3 Å². The van der Waals surface area contributed by atoms with E-state index in [-0.39, 0.29) is 24.6 Å². The number of nitrogens with one attached hydrogen (secondary N) is 1. The lowest BCUT2D eigenvalue weighted by Gasteiger charge is -2.22. The summed E-state index contributed by atoms with van der Waals surface area (Å²) in [6, 6.07) is 9.25. The van der Waals surface area contributed by atoms with Gasteiger partial charge in [-0.2, -0.15) is 0 Å². The number of hydrogen-bond acceptors (Lipinski definition) is 7. The third kappa shape index (κ3) is 6.35. The molecule has 0 radical (unpaired) electrons. The van der Waals surface area contributed by atoms with Gasteiger partial charge in [0.2, 0.25) is 16.9 Å². The maximum Gasteiger partial charge on any atom is 0.237 e. The van der Waals surface area contributed by atoms with Gasteiger partial charge in [0.1, 0.15) is 0 Å². The number of hydrogen-bond donors (Lipinski definition) is 2. The topological polar surface area (TPSA) is 101 Å². The Hall–Kier alpha value is -2.13. The molecule has 3 N–H and O–H groups in total. The van der Waals surface area contributed by atoms with Crippen LogP contribution in [0.15, 0.2) is 34.7 Å². The Morgan fingerprint density at radius 1 is 1.28 bits per heavy atom. The Balaban J connectivity index is 1.96. The van der Waals surface area contributed by atoms with Crippen molar-refractivity contribution < 1.29 is 9.59 Å². The van der Waals surface area contributed by atoms with Gasteiger partial charge in [0, 0.05) is 25.2 Å². The molecule has 1 aromatic heterocycles. The monoisotopic (exact) mass is 379 g/mol. The average molecular weight is 380 g/mol. The number of nitrogens with zero attached hydrogens (tertiary/aromatic N) is 3. The van der Waals surface area contributed by atoms with Crippen molar-refractivity contribution in [1.82, 2.24) is 10.2 Å². The standard InChI is InChI=1S/C16H21N5O2S2/c1-2-9-18-15-19-20-16(25-15)24-11-14(23)21(10-8-13(17)22)12-6-4-3-5-7-12/h3-7H,2,8-11H2,1H3,(H2,17,22)(H,18,19). The van der Waals surface area contributed by atoms with E-state index in [2.05, 4.69) is 22.4 Å². The largest absolute Gasteiger partial charge is 0.370 e. The highest BCUT2D eigenvalue weighted by molar-refractivity contribution is 8.01. The summed E-state index contributed by atoms with van der Waals surface area (Å²) in [4.78, 5) is 25.3. The first kappa shape index (κ1) is 19.2. The molecule has 0 saturated carbocycles. The summed E-state index contributed by atoms with van der Waals surface area (Å²) in [5.41, 5.74) is 5.97. The average Bonchev–Trinajstić information content (AvgIpc) is 3.07. The predicted octanol–water partition coefficient (Wildman–Crippen LogP) is 2.36. The zero-order chi connectivity index (χ0) is 18.1. The molecule has 0 bridgehead atoms. The van der Waals surface area contributed by atoms with Crippen molar-refractivity contribution in [1.29, 1.82) is 0 Å². The minimum absolute atomic E-state index is 0.101. The molecule has 2 amide bonds. The lowest BCUT2D eigenvalue weighted by Crippen LogP contribution is -2.35. The van der Waals surface area contributed by atoms with Crippen LogP contribution in [-0.2, 0) is 9.59 Å². The number of thioether (sulfide) groups is 1. The molecule has 1 aromatic carbocycles. The van der Waals surface area contributed by atoms with Gasteiger partial charge in [-0.15, -0.1) is 10.2 Å². The van der Waals surface area contributed by atoms with Crippen molar-refractivity contribution in [3.63, 3.8) is 0 Å². The van der Waals surface area contributed by atoms with Crippen molar-refractivity contribution in [2.75, 3.05) is 29.1 Å². The summed E-state index contributed by atoms with van der Waals surface area (Å²) >= 11 is 2.76. The van der Waals surface area contributed by atoms with E-state index < -0.39 is 5.91 Å². The summed E-state index contributed by atoms with van der Waals surface area (Å²) in [5.74, 6) is -0.316. The van der Waals surface area contributed by atoms with Crippen molar-refractivity contribution in [2.45, 2.75) is 24.1 Å². The Kier molecular flexibility index (Phi) is 7.68. The molecule has 0 unspecified atom stereocenters. The van der Waals surface area contributed by atoms with Crippen LogP contribution in [0, 0.1) is 0 Å². The van der Waals surface area contributed by atoms with Crippen LogP contribution in [0.4, 0.5) is 10.8 Å². The number of benzene rings is 1. The molecule has 1 heterocycles. The molecule has 0 saturated heterocycles. The maximum absolute atomic E-state index is 12.6. The molecule has 2 aromatic rings. The lowest BCUT2D eigenvalue weighted by atomic mass is 10.2. The van der Waals surface area contributed by atoms with Gasteiger partial charge in [0.15, 0.2) is 4.34 Å². The van der Waals surface area contributed by atoms with Gasteiger partial charge in [-0.1, -0.05) is 48.2 Å². The molecule has 2 rings (SSSR count). The first-order valence-electron chi connectivity index (χ1n) is 7.94. The second kappa shape index (κ2) is 10.00. The Bertz CT molecular complexity index is 693. The van der Waals surface area contributed by atoms with E-state index in [0.717, 1.165) is 28.1 Å². The van der Waals surface area contributed by atoms with Gasteiger partial charge in [-0.25, -0.2) is 0 Å². The summed E-state index contributed by atoms with van der Waals surface area (Å²) in [5, 5.41) is 12.0. The molecule has 7 nitrogen and oxygen atoms in total. The van der Waals surface area contributed by atoms with Gasteiger partial charge >= 0.3 is 0 Å². The van der Waals surface area contributed by atoms with Crippen LogP contribution in [0.5, 0.6) is 0 Å². The fourth-order valence-electron chi connectivity index (χ4n) is 2.00. The molecule has 9 heteroatoms. The quantitative estimate of drug-likeness (QED) is 0.615. The van der Waals surface area contributed by atoms with Gasteiger partial charge in [0.05, 0.1) is 5.75 Å². The first-order chi connectivity index (χ1) is 12.1. The van der Waals surface area contributed by atoms with E-state index in [0.29, 0.717) is 0 Å².